The Balaban J connectivity index is 3.34. The molecule has 0 aliphatic carbocycles. The Morgan fingerprint density at radius 1 is 1.36 bits per heavy atom. The molecule has 0 saturated heterocycles. The molecule has 6 nitrogen and oxygen atoms in total. The molecule has 0 aliphatic heterocycles. The number of halogens is 3. The van der Waals surface area contributed by atoms with Crippen LogP contribution in [0.1, 0.15) is 30.5 Å². The molecule has 0 bridgehead atoms. The van der Waals surface area contributed by atoms with E-state index in [1.165, 1.54) is 20.8 Å². The number of benzene rings is 1. The van der Waals surface area contributed by atoms with Crippen molar-refractivity contribution in [3.05, 3.63) is 38.9 Å². The lowest BCUT2D eigenvalue weighted by Gasteiger charge is -2.24. The molecule has 0 heterocycles. The molecule has 1 aromatic rings. The molecule has 0 aromatic heterocycles. The van der Waals surface area contributed by atoms with Gasteiger partial charge in [-0.3, -0.25) is 10.1 Å². The number of nitrogens with zero attached hydrogens (tertiary/aromatic N) is 1. The number of nitro benzene ring substituents is 1. The van der Waals surface area contributed by atoms with Crippen LogP contribution in [-0.4, -0.2) is 16.6 Å². The highest BCUT2D eigenvalue weighted by Crippen LogP contribution is 2.37. The van der Waals surface area contributed by atoms with Crippen LogP contribution < -0.4 is 5.73 Å². The van der Waals surface area contributed by atoms with Crippen molar-refractivity contribution < 1.29 is 27.6 Å². The van der Waals surface area contributed by atoms with E-state index in [1.807, 2.05) is 0 Å². The Hall–Kier alpha value is -2.32. The summed E-state index contributed by atoms with van der Waals surface area (Å²) in [5.74, 6) is 0. The quantitative estimate of drug-likeness (QED) is 0.680. The van der Waals surface area contributed by atoms with Crippen LogP contribution in [0.2, 0.25) is 0 Å². The number of nitro groups is 1. The first kappa shape index (κ1) is 17.7. The number of alkyl halides is 3. The summed E-state index contributed by atoms with van der Waals surface area (Å²) in [7, 11) is 0. The summed E-state index contributed by atoms with van der Waals surface area (Å²) < 4.78 is 43.3. The van der Waals surface area contributed by atoms with E-state index in [2.05, 4.69) is 0 Å². The first-order valence-electron chi connectivity index (χ1n) is 6.17. The third kappa shape index (κ3) is 4.34. The molecule has 0 spiro atoms. The first-order valence-corrected chi connectivity index (χ1v) is 6.17. The predicted octanol–water partition coefficient (Wildman–Crippen LogP) is 3.34. The van der Waals surface area contributed by atoms with Gasteiger partial charge >= 0.3 is 12.3 Å². The second-order valence-corrected chi connectivity index (χ2v) is 5.41. The van der Waals surface area contributed by atoms with Gasteiger partial charge in [-0.15, -0.1) is 0 Å². The van der Waals surface area contributed by atoms with Crippen LogP contribution in [0.5, 0.6) is 0 Å². The van der Waals surface area contributed by atoms with Crippen LogP contribution in [0.15, 0.2) is 12.1 Å². The van der Waals surface area contributed by atoms with Crippen LogP contribution in [-0.2, 0) is 17.3 Å². The Kier molecular flexibility index (Phi) is 4.69. The number of carbonyl (C=O) groups is 1. The lowest BCUT2D eigenvalue weighted by atomic mass is 9.93. The molecule has 0 unspecified atom stereocenters. The number of primary amides is 1. The van der Waals surface area contributed by atoms with Gasteiger partial charge in [-0.2, -0.15) is 13.2 Å². The second-order valence-electron chi connectivity index (χ2n) is 5.41. The van der Waals surface area contributed by atoms with Crippen molar-refractivity contribution in [3.63, 3.8) is 0 Å². The molecule has 2 N–H and O–H groups in total. The fourth-order valence-corrected chi connectivity index (χ4v) is 2.14. The van der Waals surface area contributed by atoms with Crippen LogP contribution in [0.3, 0.4) is 0 Å². The lowest BCUT2D eigenvalue weighted by molar-refractivity contribution is -0.386. The van der Waals surface area contributed by atoms with Crippen LogP contribution in [0, 0.1) is 17.0 Å². The summed E-state index contributed by atoms with van der Waals surface area (Å²) in [5.41, 5.74) is 1.83. The maximum absolute atomic E-state index is 12.8. The molecular formula is C13H15F3N2O4. The van der Waals surface area contributed by atoms with E-state index in [0.717, 1.165) is 6.07 Å². The van der Waals surface area contributed by atoms with Gasteiger partial charge in [0.05, 0.1) is 10.5 Å². The first-order chi connectivity index (χ1) is 9.83. The van der Waals surface area contributed by atoms with Gasteiger partial charge in [0.15, 0.2) is 0 Å². The van der Waals surface area contributed by atoms with Crippen molar-refractivity contribution in [1.29, 1.82) is 0 Å². The van der Waals surface area contributed by atoms with Gasteiger partial charge in [0.2, 0.25) is 0 Å². The van der Waals surface area contributed by atoms with Crippen molar-refractivity contribution in [2.75, 3.05) is 0 Å². The molecule has 0 atom stereocenters. The minimum Gasteiger partial charge on any atom is -0.443 e. The van der Waals surface area contributed by atoms with Crippen molar-refractivity contribution >= 4 is 11.8 Å². The average molecular weight is 320 g/mol. The molecule has 0 fully saturated rings. The minimum atomic E-state index is -4.69. The van der Waals surface area contributed by atoms with Gasteiger partial charge in [0.1, 0.15) is 5.60 Å². The molecule has 0 saturated carbocycles. The second kappa shape index (κ2) is 5.82. The standard InChI is InChI=1S/C13H15F3N2O4/c1-7-4-8(6-12(2,3)22-11(17)19)10(18(20)21)5-9(7)13(14,15)16/h4-5H,6H2,1-3H3,(H2,17,19). The molecule has 1 aromatic carbocycles. The van der Waals surface area contributed by atoms with Crippen LogP contribution >= 0.6 is 0 Å². The molecule has 0 radical (unpaired) electrons. The van der Waals surface area contributed by atoms with Gasteiger partial charge in [-0.25, -0.2) is 4.79 Å². The molecule has 9 heteroatoms. The predicted molar refractivity (Wildman–Crippen MR) is 71.3 cm³/mol. The zero-order chi connectivity index (χ0) is 17.3. The summed E-state index contributed by atoms with van der Waals surface area (Å²) in [5, 5.41) is 11.0. The smallest absolute Gasteiger partial charge is 0.416 e. The minimum absolute atomic E-state index is 0.0294. The summed E-state index contributed by atoms with van der Waals surface area (Å²) in [6.45, 7) is 4.11. The number of ether oxygens (including phenoxy) is 1. The Morgan fingerprint density at radius 2 is 1.91 bits per heavy atom. The summed E-state index contributed by atoms with van der Waals surface area (Å²) >= 11 is 0. The monoisotopic (exact) mass is 320 g/mol. The van der Waals surface area contributed by atoms with Gasteiger partial charge < -0.3 is 10.5 Å². The summed E-state index contributed by atoms with van der Waals surface area (Å²) in [6, 6.07) is 1.57. The van der Waals surface area contributed by atoms with Crippen molar-refractivity contribution in [1.82, 2.24) is 0 Å². The molecule has 122 valence electrons. The highest BCUT2D eigenvalue weighted by atomic mass is 19.4. The van der Waals surface area contributed by atoms with E-state index < -0.39 is 34.0 Å². The summed E-state index contributed by atoms with van der Waals surface area (Å²) in [6.07, 6.45) is -5.91. The van der Waals surface area contributed by atoms with Gasteiger partial charge in [-0.1, -0.05) is 0 Å². The number of rotatable bonds is 4. The zero-order valence-corrected chi connectivity index (χ0v) is 12.2. The normalized spacial score (nSPS) is 12.1. The highest BCUT2D eigenvalue weighted by Gasteiger charge is 2.36. The maximum atomic E-state index is 12.8. The van der Waals surface area contributed by atoms with Gasteiger partial charge in [0, 0.05) is 18.1 Å². The zero-order valence-electron chi connectivity index (χ0n) is 12.2. The maximum Gasteiger partial charge on any atom is 0.416 e. The fourth-order valence-electron chi connectivity index (χ4n) is 2.14. The molecular weight excluding hydrogens is 305 g/mol. The molecule has 1 rings (SSSR count). The summed E-state index contributed by atoms with van der Waals surface area (Å²) in [4.78, 5) is 20.9. The Morgan fingerprint density at radius 3 is 2.32 bits per heavy atom. The molecule has 0 aliphatic rings. The third-order valence-electron chi connectivity index (χ3n) is 2.92. The van der Waals surface area contributed by atoms with E-state index >= 15 is 0 Å². The highest BCUT2D eigenvalue weighted by molar-refractivity contribution is 5.65. The van der Waals surface area contributed by atoms with Crippen molar-refractivity contribution in [3.8, 4) is 0 Å². The largest absolute Gasteiger partial charge is 0.443 e. The van der Waals surface area contributed by atoms with Crippen LogP contribution in [0.4, 0.5) is 23.7 Å². The van der Waals surface area contributed by atoms with E-state index in [4.69, 9.17) is 10.5 Å². The number of carbonyl (C=O) groups excluding carboxylic acids is 1. The number of aryl methyl sites for hydroxylation is 1. The van der Waals surface area contributed by atoms with Gasteiger partial charge in [-0.05, 0) is 32.4 Å². The number of nitrogens with two attached hydrogens (primary N) is 1. The van der Waals surface area contributed by atoms with E-state index in [1.54, 1.807) is 0 Å². The van der Waals surface area contributed by atoms with E-state index in [-0.39, 0.29) is 17.5 Å². The lowest BCUT2D eigenvalue weighted by Crippen LogP contribution is -2.33. The Labute approximate surface area is 124 Å². The van der Waals surface area contributed by atoms with Crippen LogP contribution in [0.25, 0.3) is 0 Å². The third-order valence-corrected chi connectivity index (χ3v) is 2.92. The molecule has 1 amide bonds. The van der Waals surface area contributed by atoms with E-state index in [0.29, 0.717) is 6.07 Å². The fraction of sp³-hybridized carbons (Fsp3) is 0.462. The topological polar surface area (TPSA) is 95.5 Å². The van der Waals surface area contributed by atoms with Crippen molar-refractivity contribution in [2.45, 2.75) is 39.0 Å². The average Bonchev–Trinajstić information content (AvgIpc) is 2.23. The molecule has 22 heavy (non-hydrogen) atoms. The number of hydrogen-bond acceptors (Lipinski definition) is 4. The van der Waals surface area contributed by atoms with Crippen molar-refractivity contribution in [2.24, 2.45) is 5.73 Å². The Bertz CT molecular complexity index is 612. The number of hydrogen-bond donors (Lipinski definition) is 1. The van der Waals surface area contributed by atoms with Gasteiger partial charge in [0.25, 0.3) is 5.69 Å². The SMILES string of the molecule is Cc1cc(CC(C)(C)OC(N)=O)c([N+](=O)[O-])cc1C(F)(F)F. The number of amides is 1. The van der Waals surface area contributed by atoms with E-state index in [9.17, 15) is 28.1 Å².